The topological polar surface area (TPSA) is 64.8 Å². The summed E-state index contributed by atoms with van der Waals surface area (Å²) >= 11 is 6.63. The fourth-order valence-electron chi connectivity index (χ4n) is 5.36. The number of carbonyl (C=O) groups is 1. The molecule has 1 heterocycles. The number of methoxy groups -OCH3 is 1. The molecule has 2 amide bonds. The van der Waals surface area contributed by atoms with Gasteiger partial charge < -0.3 is 15.2 Å². The maximum absolute atomic E-state index is 12.8. The lowest BCUT2D eigenvalue weighted by atomic mass is 9.69. The van der Waals surface area contributed by atoms with Gasteiger partial charge in [-0.2, -0.15) is 4.58 Å². The SMILES string of the molecule is COc1cccc(NC(=O)N(C)c2ccc(C(O)=[N+]3CCC[C@@H]4CCCCC43C)c(Cl)c2)c1. The Bertz CT molecular complexity index is 1070. The molecule has 1 aliphatic carbocycles. The molecular formula is C26H33ClN3O3+. The van der Waals surface area contributed by atoms with E-state index in [2.05, 4.69) is 16.8 Å². The van der Waals surface area contributed by atoms with E-state index in [9.17, 15) is 9.90 Å². The van der Waals surface area contributed by atoms with Crippen LogP contribution >= 0.6 is 11.6 Å². The van der Waals surface area contributed by atoms with Crippen molar-refractivity contribution in [1.82, 2.24) is 0 Å². The molecule has 4 rings (SSSR count). The first-order valence-corrected chi connectivity index (χ1v) is 12.0. The van der Waals surface area contributed by atoms with Gasteiger partial charge in [0.2, 0.25) is 0 Å². The molecule has 1 unspecified atom stereocenters. The summed E-state index contributed by atoms with van der Waals surface area (Å²) < 4.78 is 7.38. The van der Waals surface area contributed by atoms with Gasteiger partial charge in [0.05, 0.1) is 12.1 Å². The molecule has 1 saturated heterocycles. The van der Waals surface area contributed by atoms with Gasteiger partial charge in [-0.3, -0.25) is 4.90 Å². The van der Waals surface area contributed by atoms with Gasteiger partial charge in [0.25, 0.3) is 0 Å². The third-order valence-corrected chi connectivity index (χ3v) is 7.69. The van der Waals surface area contributed by atoms with Gasteiger partial charge >= 0.3 is 11.9 Å². The van der Waals surface area contributed by atoms with Crippen molar-refractivity contribution >= 4 is 34.9 Å². The Balaban J connectivity index is 1.56. The van der Waals surface area contributed by atoms with E-state index in [1.807, 2.05) is 18.2 Å². The summed E-state index contributed by atoms with van der Waals surface area (Å²) in [7, 11) is 3.27. The first kappa shape index (κ1) is 23.4. The number of hydrogen-bond acceptors (Lipinski definition) is 2. The fraction of sp³-hybridized carbons (Fsp3) is 0.462. The highest BCUT2D eigenvalue weighted by Crippen LogP contribution is 2.42. The van der Waals surface area contributed by atoms with Crippen LogP contribution < -0.4 is 15.0 Å². The predicted molar refractivity (Wildman–Crippen MR) is 133 cm³/mol. The number of hydrogen-bond donors (Lipinski definition) is 2. The number of aliphatic hydroxyl groups excluding tert-OH is 1. The van der Waals surface area contributed by atoms with Gasteiger partial charge in [-0.15, -0.1) is 0 Å². The maximum atomic E-state index is 12.8. The number of aliphatic hydroxyl groups is 1. The smallest absolute Gasteiger partial charge is 0.369 e. The first-order valence-electron chi connectivity index (χ1n) is 11.7. The molecule has 1 aliphatic heterocycles. The highest BCUT2D eigenvalue weighted by Gasteiger charge is 2.49. The average Bonchev–Trinajstić information content (AvgIpc) is 2.82. The lowest BCUT2D eigenvalue weighted by Crippen LogP contribution is -2.53. The zero-order valence-corrected chi connectivity index (χ0v) is 20.4. The monoisotopic (exact) mass is 470 g/mol. The lowest BCUT2D eigenvalue weighted by Gasteiger charge is -2.41. The second-order valence-electron chi connectivity index (χ2n) is 9.30. The molecule has 6 nitrogen and oxygen atoms in total. The molecular weight excluding hydrogens is 438 g/mol. The summed E-state index contributed by atoms with van der Waals surface area (Å²) in [6.45, 7) is 3.12. The Labute approximate surface area is 200 Å². The number of piperidine rings is 1. The molecule has 2 N–H and O–H groups in total. The van der Waals surface area contributed by atoms with Crippen LogP contribution in [0.4, 0.5) is 16.2 Å². The van der Waals surface area contributed by atoms with Crippen LogP contribution in [0, 0.1) is 5.92 Å². The minimum atomic E-state index is -0.297. The van der Waals surface area contributed by atoms with E-state index in [0.717, 1.165) is 19.4 Å². The second-order valence-corrected chi connectivity index (χ2v) is 9.71. The number of benzene rings is 2. The van der Waals surface area contributed by atoms with Crippen molar-refractivity contribution in [3.8, 4) is 5.75 Å². The number of amides is 2. The van der Waals surface area contributed by atoms with Crippen molar-refractivity contribution in [2.75, 3.05) is 30.9 Å². The molecule has 7 heteroatoms. The Kier molecular flexibility index (Phi) is 6.84. The quantitative estimate of drug-likeness (QED) is 0.420. The number of rotatable bonds is 4. The number of fused-ring (bicyclic) bond motifs is 1. The zero-order chi connectivity index (χ0) is 23.6. The van der Waals surface area contributed by atoms with Gasteiger partial charge in [-0.1, -0.05) is 24.1 Å². The van der Waals surface area contributed by atoms with E-state index in [0.29, 0.717) is 33.6 Å². The second kappa shape index (κ2) is 9.64. The molecule has 2 atom stereocenters. The fourth-order valence-corrected chi connectivity index (χ4v) is 5.62. The zero-order valence-electron chi connectivity index (χ0n) is 19.6. The number of nitrogens with one attached hydrogen (secondary N) is 1. The number of urea groups is 1. The van der Waals surface area contributed by atoms with Crippen LogP contribution in [0.2, 0.25) is 5.02 Å². The highest BCUT2D eigenvalue weighted by atomic mass is 35.5. The van der Waals surface area contributed by atoms with Crippen molar-refractivity contribution in [1.29, 1.82) is 0 Å². The summed E-state index contributed by atoms with van der Waals surface area (Å²) in [5.74, 6) is 1.51. The third-order valence-electron chi connectivity index (χ3n) is 7.38. The number of anilines is 2. The van der Waals surface area contributed by atoms with E-state index in [1.54, 1.807) is 38.4 Å². The summed E-state index contributed by atoms with van der Waals surface area (Å²) in [6.07, 6.45) is 7.07. The Morgan fingerprint density at radius 1 is 1.21 bits per heavy atom. The van der Waals surface area contributed by atoms with E-state index in [-0.39, 0.29) is 17.5 Å². The first-order chi connectivity index (χ1) is 15.8. The Hall–Kier alpha value is -2.73. The number of nitrogens with zero attached hydrogens (tertiary/aromatic N) is 2. The summed E-state index contributed by atoms with van der Waals surface area (Å²) in [6, 6.07) is 12.2. The molecule has 1 saturated carbocycles. The largest absolute Gasteiger partial charge is 0.497 e. The highest BCUT2D eigenvalue weighted by molar-refractivity contribution is 6.34. The van der Waals surface area contributed by atoms with Crippen LogP contribution in [0.15, 0.2) is 42.5 Å². The van der Waals surface area contributed by atoms with Crippen molar-refractivity contribution in [3.05, 3.63) is 53.1 Å². The lowest BCUT2D eigenvalue weighted by molar-refractivity contribution is -0.634. The predicted octanol–water partition coefficient (Wildman–Crippen LogP) is 6.08. The minimum Gasteiger partial charge on any atom is -0.497 e. The van der Waals surface area contributed by atoms with Crippen LogP contribution in [0.3, 0.4) is 0 Å². The number of ether oxygens (including phenoxy) is 1. The van der Waals surface area contributed by atoms with Crippen molar-refractivity contribution < 1.29 is 19.2 Å². The van der Waals surface area contributed by atoms with Gasteiger partial charge in [-0.05, 0) is 49.6 Å². The van der Waals surface area contributed by atoms with E-state index in [4.69, 9.17) is 16.3 Å². The molecule has 0 radical (unpaired) electrons. The van der Waals surface area contributed by atoms with Crippen LogP contribution in [0.5, 0.6) is 5.75 Å². The van der Waals surface area contributed by atoms with E-state index < -0.39 is 0 Å². The average molecular weight is 471 g/mol. The van der Waals surface area contributed by atoms with Crippen molar-refractivity contribution in [2.24, 2.45) is 5.92 Å². The van der Waals surface area contributed by atoms with Crippen LogP contribution in [0.1, 0.15) is 51.0 Å². The number of carbonyl (C=O) groups excluding carboxylic acids is 1. The van der Waals surface area contributed by atoms with Gasteiger partial charge in [-0.25, -0.2) is 4.79 Å². The molecule has 2 aromatic carbocycles. The molecule has 0 bridgehead atoms. The van der Waals surface area contributed by atoms with Crippen molar-refractivity contribution in [3.63, 3.8) is 0 Å². The van der Waals surface area contributed by atoms with Gasteiger partial charge in [0.1, 0.15) is 17.9 Å². The molecule has 0 aromatic heterocycles. The standard InChI is InChI=1S/C26H32ClN3O3/c1-26-14-5-4-8-18(26)9-7-15-30(26)24(31)22-13-12-20(17-23(22)27)29(2)25(32)28-19-10-6-11-21(16-19)33-3/h6,10-13,16-18H,4-5,7-9,14-15H2,1-3H3,(H,28,32)/p+1/t18-,26?/m0/s1. The van der Waals surface area contributed by atoms with Crippen LogP contribution in [0.25, 0.3) is 0 Å². The number of halogens is 1. The maximum Gasteiger partial charge on any atom is 0.369 e. The molecule has 0 spiro atoms. The van der Waals surface area contributed by atoms with Crippen molar-refractivity contribution in [2.45, 2.75) is 51.0 Å². The summed E-state index contributed by atoms with van der Waals surface area (Å²) in [5, 5.41) is 14.6. The summed E-state index contributed by atoms with van der Waals surface area (Å²) in [5.41, 5.74) is 1.85. The molecule has 2 fully saturated rings. The minimum absolute atomic E-state index is 0.0317. The Morgan fingerprint density at radius 3 is 2.76 bits per heavy atom. The molecule has 2 aromatic rings. The third kappa shape index (κ3) is 4.67. The van der Waals surface area contributed by atoms with Crippen LogP contribution in [-0.2, 0) is 0 Å². The van der Waals surface area contributed by atoms with E-state index >= 15 is 0 Å². The molecule has 2 aliphatic rings. The van der Waals surface area contributed by atoms with E-state index in [1.165, 1.54) is 30.6 Å². The molecule has 33 heavy (non-hydrogen) atoms. The summed E-state index contributed by atoms with van der Waals surface area (Å²) in [4.78, 5) is 14.2. The van der Waals surface area contributed by atoms with Gasteiger partial charge in [0, 0.05) is 50.2 Å². The van der Waals surface area contributed by atoms with Gasteiger partial charge in [0.15, 0.2) is 5.54 Å². The Morgan fingerprint density at radius 2 is 2.00 bits per heavy atom. The van der Waals surface area contributed by atoms with Crippen LogP contribution in [-0.4, -0.2) is 47.9 Å². The molecule has 176 valence electrons. The normalized spacial score (nSPS) is 23.9.